The second-order valence-electron chi connectivity index (χ2n) is 3.00. The lowest BCUT2D eigenvalue weighted by molar-refractivity contribution is -0.134. The van der Waals surface area contributed by atoms with Crippen LogP contribution in [0.15, 0.2) is 24.3 Å². The van der Waals surface area contributed by atoms with Gasteiger partial charge in [-0.1, -0.05) is 12.1 Å². The first-order valence-electron chi connectivity index (χ1n) is 4.44. The van der Waals surface area contributed by atoms with Crippen molar-refractivity contribution in [3.8, 4) is 11.5 Å². The van der Waals surface area contributed by atoms with E-state index in [1.807, 2.05) is 24.3 Å². The second-order valence-corrected chi connectivity index (χ2v) is 4.60. The van der Waals surface area contributed by atoms with Crippen LogP contribution in [-0.4, -0.2) is 12.0 Å². The van der Waals surface area contributed by atoms with E-state index in [0.29, 0.717) is 0 Å². The van der Waals surface area contributed by atoms with Gasteiger partial charge in [-0.3, -0.25) is 9.36 Å². The molecule has 88 valence electrons. The summed E-state index contributed by atoms with van der Waals surface area (Å²) in [4.78, 5) is 10.3. The fourth-order valence-electron chi connectivity index (χ4n) is 0.783. The molecular weight excluding hydrogens is 253 g/mol. The summed E-state index contributed by atoms with van der Waals surface area (Å²) in [6, 6.07) is 7.07. The third kappa shape index (κ3) is 4.66. The number of ether oxygens (including phenoxy) is 1. The van der Waals surface area contributed by atoms with Gasteiger partial charge in [-0.05, 0) is 30.3 Å². The Kier molecular flexibility index (Phi) is 4.80. The van der Waals surface area contributed by atoms with Crippen LogP contribution >= 0.6 is 18.6 Å². The van der Waals surface area contributed by atoms with Crippen molar-refractivity contribution in [3.63, 3.8) is 0 Å². The van der Waals surface area contributed by atoms with Crippen molar-refractivity contribution in [1.82, 2.24) is 0 Å². The maximum atomic E-state index is 10.3. The van der Waals surface area contributed by atoms with E-state index >= 15 is 0 Å². The number of nitrogens with two attached hydrogens (primary N) is 1. The fraction of sp³-hybridized carbons (Fsp3) is 0.222. The molecule has 0 aliphatic carbocycles. The largest absolute Gasteiger partial charge is 0.450 e. The highest BCUT2D eigenvalue weighted by molar-refractivity contribution is 7.70. The quantitative estimate of drug-likeness (QED) is 0.664. The third-order valence-electron chi connectivity index (χ3n) is 1.58. The molecule has 2 atom stereocenters. The maximum Gasteiger partial charge on any atom is 0.328 e. The van der Waals surface area contributed by atoms with Gasteiger partial charge >= 0.3 is 13.3 Å². The molecule has 1 aromatic carbocycles. The molecule has 2 N–H and O–H groups in total. The first-order chi connectivity index (χ1) is 7.50. The molecule has 1 aliphatic heterocycles. The van der Waals surface area contributed by atoms with E-state index in [9.17, 15) is 9.36 Å². The van der Waals surface area contributed by atoms with E-state index in [1.54, 1.807) is 0 Å². The summed E-state index contributed by atoms with van der Waals surface area (Å²) >= 11 is 4.86. The van der Waals surface area contributed by atoms with Gasteiger partial charge in [0.1, 0.15) is 6.04 Å². The number of carbonyl (C=O) groups is 1. The highest BCUT2D eigenvalue weighted by Crippen LogP contribution is 2.43. The summed E-state index contributed by atoms with van der Waals surface area (Å²) in [6.07, 6.45) is 0. The Balaban J connectivity index is 0.000000163. The smallest absolute Gasteiger partial charge is 0.328 e. The lowest BCUT2D eigenvalue weighted by atomic mass is 10.4. The molecule has 5 nitrogen and oxygen atoms in total. The number of fused-ring (bicyclic) bond motifs is 1. The van der Waals surface area contributed by atoms with Gasteiger partial charge in [-0.25, -0.2) is 0 Å². The normalized spacial score (nSPS) is 14.4. The lowest BCUT2D eigenvalue weighted by Crippen LogP contribution is -2.26. The molecule has 1 aromatic rings. The SMILES string of the molecule is CC(N)C(=O)O[PH](=O)Cl.c1ccc2c(c1)O2. The predicted molar refractivity (Wildman–Crippen MR) is 61.1 cm³/mol. The Morgan fingerprint density at radius 2 is 2.00 bits per heavy atom. The Morgan fingerprint density at radius 1 is 1.50 bits per heavy atom. The van der Waals surface area contributed by atoms with E-state index in [1.165, 1.54) is 6.92 Å². The molecule has 0 saturated heterocycles. The van der Waals surface area contributed by atoms with Gasteiger partial charge in [0.15, 0.2) is 11.5 Å². The Hall–Kier alpha value is -1.03. The minimum Gasteiger partial charge on any atom is -0.450 e. The standard InChI is InChI=1S/C6H4O.C3H7ClNO3P/c1-2-4-6-5(3-1)7-6;1-2(5)3(6)8-9(4)7/h1-4H;2,9H,5H2,1H3. The number of rotatable bonds is 2. The minimum absolute atomic E-state index is 0.742. The van der Waals surface area contributed by atoms with Gasteiger partial charge in [-0.15, -0.1) is 0 Å². The molecule has 0 aromatic heterocycles. The molecule has 1 aliphatic rings. The molecule has 7 heteroatoms. The summed E-state index contributed by atoms with van der Waals surface area (Å²) in [5.41, 5.74) is 5.03. The van der Waals surface area contributed by atoms with Crippen LogP contribution in [0.25, 0.3) is 0 Å². The number of halogens is 1. The van der Waals surface area contributed by atoms with Crippen LogP contribution in [-0.2, 0) is 13.9 Å². The summed E-state index contributed by atoms with van der Waals surface area (Å²) in [7, 11) is -2.69. The van der Waals surface area contributed by atoms with Gasteiger partial charge < -0.3 is 15.0 Å². The van der Waals surface area contributed by atoms with Crippen LogP contribution in [0.1, 0.15) is 6.92 Å². The zero-order valence-corrected chi connectivity index (χ0v) is 10.2. The average molecular weight is 264 g/mol. The van der Waals surface area contributed by atoms with Crippen LogP contribution in [0.2, 0.25) is 0 Å². The van der Waals surface area contributed by atoms with Gasteiger partial charge in [0.2, 0.25) is 0 Å². The Morgan fingerprint density at radius 3 is 2.25 bits per heavy atom. The van der Waals surface area contributed by atoms with E-state index in [2.05, 4.69) is 4.52 Å². The molecule has 0 saturated carbocycles. The summed E-state index contributed by atoms with van der Waals surface area (Å²) in [5, 5.41) is 0. The van der Waals surface area contributed by atoms with Crippen molar-refractivity contribution >= 4 is 24.6 Å². The van der Waals surface area contributed by atoms with Gasteiger partial charge in [-0.2, -0.15) is 0 Å². The zero-order chi connectivity index (χ0) is 12.1. The third-order valence-corrected chi connectivity index (χ3v) is 2.17. The van der Waals surface area contributed by atoms with Crippen molar-refractivity contribution in [2.45, 2.75) is 13.0 Å². The van der Waals surface area contributed by atoms with Crippen molar-refractivity contribution in [2.75, 3.05) is 0 Å². The van der Waals surface area contributed by atoms with Crippen LogP contribution < -0.4 is 10.5 Å². The van der Waals surface area contributed by atoms with Crippen molar-refractivity contribution in [1.29, 1.82) is 0 Å². The minimum atomic E-state index is -2.69. The molecule has 2 unspecified atom stereocenters. The van der Waals surface area contributed by atoms with Crippen molar-refractivity contribution in [3.05, 3.63) is 24.3 Å². The molecule has 0 amide bonds. The predicted octanol–water partition coefficient (Wildman–Crippen LogP) is 2.30. The molecular formula is C9H11ClNO4P. The molecule has 0 radical (unpaired) electrons. The topological polar surface area (TPSA) is 81.9 Å². The number of hydrogen-bond acceptors (Lipinski definition) is 5. The summed E-state index contributed by atoms with van der Waals surface area (Å²) in [5.74, 6) is 1.32. The molecule has 2 rings (SSSR count). The molecule has 0 fully saturated rings. The Bertz CT molecular complexity index is 389. The highest BCUT2D eigenvalue weighted by atomic mass is 35.7. The van der Waals surface area contributed by atoms with Crippen LogP contribution in [0.3, 0.4) is 0 Å². The lowest BCUT2D eigenvalue weighted by Gasteiger charge is -2.00. The average Bonchev–Trinajstić information content (AvgIpc) is 2.95. The van der Waals surface area contributed by atoms with Crippen molar-refractivity contribution < 1.29 is 18.6 Å². The number of para-hydroxylation sites is 2. The summed E-state index contributed by atoms with van der Waals surface area (Å²) in [6.45, 7) is 1.42. The van der Waals surface area contributed by atoms with E-state index < -0.39 is 19.4 Å². The zero-order valence-electron chi connectivity index (χ0n) is 8.48. The summed E-state index contributed by atoms with van der Waals surface area (Å²) < 4.78 is 19.0. The van der Waals surface area contributed by atoms with Gasteiger partial charge in [0, 0.05) is 0 Å². The first-order valence-corrected chi connectivity index (χ1v) is 6.77. The Labute approximate surface area is 98.1 Å². The van der Waals surface area contributed by atoms with Crippen LogP contribution in [0.5, 0.6) is 11.5 Å². The van der Waals surface area contributed by atoms with Gasteiger partial charge in [0.05, 0.1) is 0 Å². The monoisotopic (exact) mass is 263 g/mol. The van der Waals surface area contributed by atoms with Crippen molar-refractivity contribution in [2.24, 2.45) is 5.73 Å². The maximum absolute atomic E-state index is 10.3. The van der Waals surface area contributed by atoms with Gasteiger partial charge in [0.25, 0.3) is 0 Å². The number of benzene rings is 1. The number of hydrogen-bond donors (Lipinski definition) is 1. The highest BCUT2D eigenvalue weighted by Gasteiger charge is 2.15. The second kappa shape index (κ2) is 5.89. The fourth-order valence-corrected chi connectivity index (χ4v) is 1.36. The van der Waals surface area contributed by atoms with Crippen LogP contribution in [0.4, 0.5) is 0 Å². The van der Waals surface area contributed by atoms with E-state index in [-0.39, 0.29) is 0 Å². The molecule has 1 heterocycles. The van der Waals surface area contributed by atoms with Crippen LogP contribution in [0, 0.1) is 0 Å². The molecule has 16 heavy (non-hydrogen) atoms. The first kappa shape index (κ1) is 13.0. The van der Waals surface area contributed by atoms with E-state index in [0.717, 1.165) is 11.5 Å². The number of carbonyl (C=O) groups excluding carboxylic acids is 1. The molecule has 0 spiro atoms. The molecule has 0 bridgehead atoms. The van der Waals surface area contributed by atoms with E-state index in [4.69, 9.17) is 21.7 Å².